The van der Waals surface area contributed by atoms with Crippen LogP contribution >= 0.6 is 0 Å². The molecule has 0 spiro atoms. The lowest BCUT2D eigenvalue weighted by atomic mass is 9.94. The molecule has 4 aromatic heterocycles. The van der Waals surface area contributed by atoms with Crippen molar-refractivity contribution in [3.8, 4) is 62.2 Å². The van der Waals surface area contributed by atoms with Crippen LogP contribution in [0.5, 0.6) is 0 Å². The van der Waals surface area contributed by atoms with Crippen molar-refractivity contribution < 1.29 is 4.42 Å². The van der Waals surface area contributed by atoms with Gasteiger partial charge in [-0.3, -0.25) is 4.57 Å². The van der Waals surface area contributed by atoms with Crippen LogP contribution in [0.15, 0.2) is 181 Å². The van der Waals surface area contributed by atoms with Crippen molar-refractivity contribution in [2.75, 3.05) is 0 Å². The molecule has 0 fully saturated rings. The second kappa shape index (κ2) is 14.2. The first-order valence-electron chi connectivity index (χ1n) is 19.0. The number of hydrogen-bond acceptors (Lipinski definition) is 5. The number of fused-ring (bicyclic) bond motifs is 5. The number of nitrogens with zero attached hydrogens (tertiary/aromatic N) is 5. The highest BCUT2D eigenvalue weighted by Gasteiger charge is 2.24. The molecule has 0 N–H and O–H groups in total. The van der Waals surface area contributed by atoms with Crippen molar-refractivity contribution in [2.24, 2.45) is 0 Å². The van der Waals surface area contributed by atoms with Crippen LogP contribution in [0.1, 0.15) is 18.2 Å². The Morgan fingerprint density at radius 3 is 1.77 bits per heavy atom. The van der Waals surface area contributed by atoms with Crippen LogP contribution in [0.25, 0.3) is 107 Å². The Morgan fingerprint density at radius 2 is 1.12 bits per heavy atom. The number of furan rings is 1. The molecular weight excluding hydrogens is 699 g/mol. The molecule has 0 aliphatic rings. The zero-order chi connectivity index (χ0) is 38.3. The lowest BCUT2D eigenvalue weighted by molar-refractivity contribution is 0.603. The molecule has 0 bridgehead atoms. The van der Waals surface area contributed by atoms with Crippen LogP contribution in [0.4, 0.5) is 0 Å². The number of benzene rings is 6. The highest BCUT2D eigenvalue weighted by molar-refractivity contribution is 6.23. The number of allylic oxidation sites excluding steroid dienone is 1. The predicted octanol–water partition coefficient (Wildman–Crippen LogP) is 13.1. The summed E-state index contributed by atoms with van der Waals surface area (Å²) in [4.78, 5) is 20.9. The third kappa shape index (κ3) is 5.83. The number of hydrogen-bond donors (Lipinski definition) is 0. The molecule has 10 aromatic rings. The lowest BCUT2D eigenvalue weighted by Gasteiger charge is -2.16. The summed E-state index contributed by atoms with van der Waals surface area (Å²) >= 11 is 0. The monoisotopic (exact) mass is 733 g/mol. The van der Waals surface area contributed by atoms with E-state index in [1.165, 1.54) is 0 Å². The smallest absolute Gasteiger partial charge is 0.167 e. The second-order valence-electron chi connectivity index (χ2n) is 13.8. The van der Waals surface area contributed by atoms with Gasteiger partial charge < -0.3 is 4.42 Å². The van der Waals surface area contributed by atoms with Crippen LogP contribution in [-0.2, 0) is 0 Å². The van der Waals surface area contributed by atoms with Gasteiger partial charge in [-0.25, -0.2) is 19.9 Å². The van der Waals surface area contributed by atoms with Gasteiger partial charge in [0.15, 0.2) is 17.5 Å². The quantitative estimate of drug-likeness (QED) is 0.155. The van der Waals surface area contributed by atoms with Crippen molar-refractivity contribution in [2.45, 2.75) is 6.92 Å². The summed E-state index contributed by atoms with van der Waals surface area (Å²) in [6.45, 7) is 6.08. The zero-order valence-electron chi connectivity index (χ0n) is 31.2. The van der Waals surface area contributed by atoms with Gasteiger partial charge in [-0.2, -0.15) is 0 Å². The summed E-state index contributed by atoms with van der Waals surface area (Å²) in [5.74, 6) is 3.11. The van der Waals surface area contributed by atoms with Gasteiger partial charge >= 0.3 is 0 Å². The van der Waals surface area contributed by atoms with Crippen molar-refractivity contribution in [1.82, 2.24) is 24.5 Å². The standard InChI is InChI=1S/C51H35N5O/c1-3-18-40-44(4-2)57-45-30-29-43-46(47(40)45)39-27-16-17-28-42(39)56(43)51-41(31-36(32-52-51)38-26-15-14-25-37(38)33-19-8-5-9-20-33)50-54-48(34-21-10-6-11-22-34)53-49(55-50)35-23-12-7-13-24-35/h3-32H,2H2,1H3/b18-3-. The summed E-state index contributed by atoms with van der Waals surface area (Å²) in [5, 5.41) is 3.19. The van der Waals surface area contributed by atoms with Crippen molar-refractivity contribution in [3.05, 3.63) is 188 Å². The van der Waals surface area contributed by atoms with Crippen LogP contribution in [0.3, 0.4) is 0 Å². The minimum Gasteiger partial charge on any atom is -0.456 e. The molecule has 4 heterocycles. The molecule has 6 aromatic carbocycles. The van der Waals surface area contributed by atoms with Gasteiger partial charge in [-0.15, -0.1) is 0 Å². The van der Waals surface area contributed by atoms with E-state index in [-0.39, 0.29) is 0 Å². The summed E-state index contributed by atoms with van der Waals surface area (Å²) in [5.41, 5.74) is 10.6. The van der Waals surface area contributed by atoms with E-state index >= 15 is 0 Å². The molecule has 0 radical (unpaired) electrons. The fourth-order valence-electron chi connectivity index (χ4n) is 7.88. The maximum Gasteiger partial charge on any atom is 0.167 e. The van der Waals surface area contributed by atoms with Gasteiger partial charge in [-0.05, 0) is 54.0 Å². The van der Waals surface area contributed by atoms with E-state index in [0.29, 0.717) is 23.3 Å². The third-order valence-corrected chi connectivity index (χ3v) is 10.4. The van der Waals surface area contributed by atoms with Gasteiger partial charge in [0, 0.05) is 44.6 Å². The SMILES string of the molecule is C=Cc1oc2ccc3c(c4ccccc4n3-c3ncc(-c4ccccc4-c4ccccc4)cc3-c3nc(-c4ccccc4)nc(-c4ccccc4)n3)c2c1/C=C\C. The Hall–Kier alpha value is -7.70. The minimum atomic E-state index is 0.517. The van der Waals surface area contributed by atoms with E-state index in [0.717, 1.165) is 83.0 Å². The topological polar surface area (TPSA) is 69.6 Å². The fraction of sp³-hybridized carbons (Fsp3) is 0.0196. The van der Waals surface area contributed by atoms with E-state index in [9.17, 15) is 0 Å². The maximum absolute atomic E-state index is 6.37. The van der Waals surface area contributed by atoms with Gasteiger partial charge in [-0.1, -0.05) is 152 Å². The average molecular weight is 734 g/mol. The molecule has 0 aliphatic carbocycles. The van der Waals surface area contributed by atoms with E-state index in [4.69, 9.17) is 24.4 Å². The Balaban J connectivity index is 1.31. The van der Waals surface area contributed by atoms with Crippen LogP contribution in [-0.4, -0.2) is 24.5 Å². The van der Waals surface area contributed by atoms with Crippen LogP contribution in [0, 0.1) is 0 Å². The number of pyridine rings is 1. The Kier molecular flexibility index (Phi) is 8.42. The molecule has 57 heavy (non-hydrogen) atoms. The maximum atomic E-state index is 6.37. The van der Waals surface area contributed by atoms with E-state index in [2.05, 4.69) is 102 Å². The van der Waals surface area contributed by atoms with E-state index < -0.39 is 0 Å². The summed E-state index contributed by atoms with van der Waals surface area (Å²) in [6, 6.07) is 53.9. The van der Waals surface area contributed by atoms with E-state index in [1.54, 1.807) is 6.08 Å². The summed E-state index contributed by atoms with van der Waals surface area (Å²) in [6.07, 6.45) is 7.88. The first-order valence-corrected chi connectivity index (χ1v) is 19.0. The van der Waals surface area contributed by atoms with Crippen molar-refractivity contribution in [1.29, 1.82) is 0 Å². The molecule has 10 rings (SSSR count). The molecule has 0 amide bonds. The molecular formula is C51H35N5O. The minimum absolute atomic E-state index is 0.517. The van der Waals surface area contributed by atoms with Crippen molar-refractivity contribution in [3.63, 3.8) is 0 Å². The van der Waals surface area contributed by atoms with Crippen molar-refractivity contribution >= 4 is 44.9 Å². The van der Waals surface area contributed by atoms with E-state index in [1.807, 2.05) is 92.0 Å². The second-order valence-corrected chi connectivity index (χ2v) is 13.8. The van der Waals surface area contributed by atoms with Crippen LogP contribution in [0.2, 0.25) is 0 Å². The first kappa shape index (κ1) is 33.8. The molecule has 0 saturated carbocycles. The molecule has 0 atom stereocenters. The molecule has 6 nitrogen and oxygen atoms in total. The van der Waals surface area contributed by atoms with Gasteiger partial charge in [0.05, 0.1) is 16.6 Å². The van der Waals surface area contributed by atoms with Gasteiger partial charge in [0.25, 0.3) is 0 Å². The van der Waals surface area contributed by atoms with Gasteiger partial charge in [0.2, 0.25) is 0 Å². The first-order chi connectivity index (χ1) is 28.2. The number of rotatable bonds is 8. The Morgan fingerprint density at radius 1 is 0.544 bits per heavy atom. The Bertz CT molecular complexity index is 3090. The van der Waals surface area contributed by atoms with Gasteiger partial charge in [0.1, 0.15) is 17.2 Å². The highest BCUT2D eigenvalue weighted by Crippen LogP contribution is 2.43. The highest BCUT2D eigenvalue weighted by atomic mass is 16.3. The summed E-state index contributed by atoms with van der Waals surface area (Å²) in [7, 11) is 0. The largest absolute Gasteiger partial charge is 0.456 e. The summed E-state index contributed by atoms with van der Waals surface area (Å²) < 4.78 is 8.60. The average Bonchev–Trinajstić information content (AvgIpc) is 3.82. The molecule has 0 aliphatic heterocycles. The molecule has 6 heteroatoms. The predicted molar refractivity (Wildman–Crippen MR) is 234 cm³/mol. The number of aromatic nitrogens is 5. The molecule has 0 saturated heterocycles. The number of para-hydroxylation sites is 1. The lowest BCUT2D eigenvalue weighted by Crippen LogP contribution is -2.06. The zero-order valence-corrected chi connectivity index (χ0v) is 31.2. The molecule has 270 valence electrons. The third-order valence-electron chi connectivity index (χ3n) is 10.4. The van der Waals surface area contributed by atoms with Crippen LogP contribution < -0.4 is 0 Å². The Labute approximate surface area is 329 Å². The normalized spacial score (nSPS) is 11.6. The fourth-order valence-corrected chi connectivity index (χ4v) is 7.88. The molecule has 0 unspecified atom stereocenters.